The van der Waals surface area contributed by atoms with Gasteiger partial charge in [0.15, 0.2) is 24.6 Å². The van der Waals surface area contributed by atoms with Crippen LogP contribution < -0.4 is 0 Å². The van der Waals surface area contributed by atoms with Crippen molar-refractivity contribution < 1.29 is 58.2 Å². The fraction of sp³-hybridized carbons (Fsp3) is 0.851. The lowest BCUT2D eigenvalue weighted by atomic mass is 9.98. The van der Waals surface area contributed by atoms with E-state index in [1.807, 2.05) is 0 Å². The molecule has 79 heavy (non-hydrogen) atoms. The van der Waals surface area contributed by atoms with Crippen molar-refractivity contribution in [2.24, 2.45) is 0 Å². The minimum absolute atomic E-state index is 0.0589. The van der Waals surface area contributed by atoms with Crippen molar-refractivity contribution in [3.8, 4) is 0 Å². The van der Waals surface area contributed by atoms with Gasteiger partial charge < -0.3 is 39.0 Å². The molecule has 1 saturated heterocycles. The molecule has 12 heteroatoms. The van der Waals surface area contributed by atoms with Gasteiger partial charge in [0.05, 0.1) is 6.61 Å². The number of hydrogen-bond acceptors (Lipinski definition) is 11. The van der Waals surface area contributed by atoms with Gasteiger partial charge in [-0.3, -0.25) is 14.4 Å². The molecule has 460 valence electrons. The maximum atomic E-state index is 13.2. The fourth-order valence-corrected chi connectivity index (χ4v) is 10.1. The van der Waals surface area contributed by atoms with Crippen LogP contribution in [0.15, 0.2) is 36.5 Å². The zero-order valence-electron chi connectivity index (χ0n) is 50.9. The van der Waals surface area contributed by atoms with Gasteiger partial charge in [-0.05, 0) is 77.0 Å². The highest BCUT2D eigenvalue weighted by molar-refractivity contribution is 5.74. The largest absolute Gasteiger partial charge is 0.479 e. The molecule has 0 bridgehead atoms. The zero-order chi connectivity index (χ0) is 57.5. The van der Waals surface area contributed by atoms with Crippen molar-refractivity contribution >= 4 is 23.9 Å². The summed E-state index contributed by atoms with van der Waals surface area (Å²) >= 11 is 0. The molecular formula is C67H120O12. The number of carbonyl (C=O) groups excluding carboxylic acids is 3. The van der Waals surface area contributed by atoms with Gasteiger partial charge in [-0.2, -0.15) is 0 Å². The summed E-state index contributed by atoms with van der Waals surface area (Å²) in [6, 6.07) is 0. The number of carboxylic acids is 1. The minimum atomic E-state index is -1.90. The standard InChI is InChI=1S/C67H120O12/c1-4-7-10-13-16-19-22-25-27-29-30-32-33-36-38-41-44-47-50-53-59(68)75-56-58(77-60(69)54-51-48-45-42-39-35-24-21-18-15-12-9-6-3)57-76-67-65(63(72)62(71)64(79-67)66(73)74)78-61(70)55-52-49-46-43-40-37-34-31-28-26-23-20-17-14-11-8-5-2/h16,19,25-28,58,62-65,67,71-72H,4-15,17-18,20-24,29-57H2,1-3H3,(H,73,74)/b19-16-,27-25-,28-26-. The molecule has 1 fully saturated rings. The van der Waals surface area contributed by atoms with Gasteiger partial charge in [0.25, 0.3) is 0 Å². The van der Waals surface area contributed by atoms with Crippen LogP contribution in [-0.2, 0) is 42.9 Å². The lowest BCUT2D eigenvalue weighted by Crippen LogP contribution is -2.61. The molecule has 0 spiro atoms. The van der Waals surface area contributed by atoms with E-state index in [0.29, 0.717) is 19.3 Å². The highest BCUT2D eigenvalue weighted by atomic mass is 16.7. The summed E-state index contributed by atoms with van der Waals surface area (Å²) < 4.78 is 28.5. The molecule has 0 aromatic rings. The summed E-state index contributed by atoms with van der Waals surface area (Å²) in [4.78, 5) is 51.3. The molecule has 1 rings (SSSR count). The van der Waals surface area contributed by atoms with Crippen LogP contribution in [0.1, 0.15) is 316 Å². The summed E-state index contributed by atoms with van der Waals surface area (Å²) in [5.41, 5.74) is 0. The minimum Gasteiger partial charge on any atom is -0.479 e. The molecule has 3 N–H and O–H groups in total. The molecule has 1 aliphatic rings. The van der Waals surface area contributed by atoms with Crippen LogP contribution in [0.2, 0.25) is 0 Å². The second kappa shape index (κ2) is 55.5. The number of aliphatic hydroxyl groups is 2. The van der Waals surface area contributed by atoms with Gasteiger partial charge in [-0.15, -0.1) is 0 Å². The Morgan fingerprint density at radius 3 is 1.18 bits per heavy atom. The number of ether oxygens (including phenoxy) is 5. The van der Waals surface area contributed by atoms with E-state index < -0.39 is 67.3 Å². The predicted octanol–water partition coefficient (Wildman–Crippen LogP) is 17.6. The normalized spacial score (nSPS) is 18.0. The Morgan fingerprint density at radius 1 is 0.418 bits per heavy atom. The molecule has 0 aromatic carbocycles. The Morgan fingerprint density at radius 2 is 0.759 bits per heavy atom. The Bertz CT molecular complexity index is 1510. The van der Waals surface area contributed by atoms with E-state index in [9.17, 15) is 34.5 Å². The maximum Gasteiger partial charge on any atom is 0.335 e. The quantitative estimate of drug-likeness (QED) is 0.0228. The Labute approximate surface area is 482 Å². The number of hydrogen-bond donors (Lipinski definition) is 3. The third kappa shape index (κ3) is 45.2. The van der Waals surface area contributed by atoms with Gasteiger partial charge in [0.1, 0.15) is 18.8 Å². The van der Waals surface area contributed by atoms with E-state index in [2.05, 4.69) is 57.2 Å². The highest BCUT2D eigenvalue weighted by Crippen LogP contribution is 2.27. The number of carbonyl (C=O) groups is 4. The summed E-state index contributed by atoms with van der Waals surface area (Å²) in [6.45, 7) is 6.00. The first kappa shape index (κ1) is 74.0. The molecule has 6 unspecified atom stereocenters. The summed E-state index contributed by atoms with van der Waals surface area (Å²) in [5, 5.41) is 31.6. The Balaban J connectivity index is 2.63. The lowest BCUT2D eigenvalue weighted by Gasteiger charge is -2.40. The van der Waals surface area contributed by atoms with E-state index >= 15 is 0 Å². The van der Waals surface area contributed by atoms with E-state index in [1.54, 1.807) is 0 Å². The summed E-state index contributed by atoms with van der Waals surface area (Å²) in [6.07, 6.45) is 53.8. The topological polar surface area (TPSA) is 175 Å². The number of unbranched alkanes of at least 4 members (excludes halogenated alkanes) is 37. The van der Waals surface area contributed by atoms with Crippen LogP contribution in [0.5, 0.6) is 0 Å². The van der Waals surface area contributed by atoms with Crippen molar-refractivity contribution in [1.29, 1.82) is 0 Å². The molecule has 0 aromatic heterocycles. The van der Waals surface area contributed by atoms with Crippen LogP contribution in [-0.4, -0.2) is 89.2 Å². The van der Waals surface area contributed by atoms with Crippen LogP contribution >= 0.6 is 0 Å². The first-order chi connectivity index (χ1) is 38.6. The number of aliphatic hydroxyl groups excluding tert-OH is 2. The zero-order valence-corrected chi connectivity index (χ0v) is 50.9. The summed E-state index contributed by atoms with van der Waals surface area (Å²) in [7, 11) is 0. The molecule has 0 saturated carbocycles. The number of rotatable bonds is 57. The monoisotopic (exact) mass is 1120 g/mol. The second-order valence-corrected chi connectivity index (χ2v) is 22.8. The molecular weight excluding hydrogens is 997 g/mol. The first-order valence-electron chi connectivity index (χ1n) is 33.0. The molecule has 12 nitrogen and oxygen atoms in total. The first-order valence-corrected chi connectivity index (χ1v) is 33.0. The molecule has 6 atom stereocenters. The molecule has 1 heterocycles. The van der Waals surface area contributed by atoms with Gasteiger partial charge in [0, 0.05) is 19.3 Å². The second-order valence-electron chi connectivity index (χ2n) is 22.8. The summed E-state index contributed by atoms with van der Waals surface area (Å²) in [5.74, 6) is -3.10. The van der Waals surface area contributed by atoms with Crippen molar-refractivity contribution in [3.63, 3.8) is 0 Å². The molecule has 0 aliphatic carbocycles. The van der Waals surface area contributed by atoms with Crippen molar-refractivity contribution in [2.75, 3.05) is 13.2 Å². The maximum absolute atomic E-state index is 13.2. The van der Waals surface area contributed by atoms with Crippen molar-refractivity contribution in [1.82, 2.24) is 0 Å². The average Bonchev–Trinajstić information content (AvgIpc) is 3.47. The molecule has 1 aliphatic heterocycles. The fourth-order valence-electron chi connectivity index (χ4n) is 10.1. The van der Waals surface area contributed by atoms with E-state index in [-0.39, 0.29) is 25.9 Å². The van der Waals surface area contributed by atoms with E-state index in [0.717, 1.165) is 83.5 Å². The third-order valence-electron chi connectivity index (χ3n) is 15.2. The number of aliphatic carboxylic acids is 1. The van der Waals surface area contributed by atoms with E-state index in [4.69, 9.17) is 23.7 Å². The smallest absolute Gasteiger partial charge is 0.335 e. The number of allylic oxidation sites excluding steroid dienone is 6. The van der Waals surface area contributed by atoms with Gasteiger partial charge in [0.2, 0.25) is 0 Å². The average molecular weight is 1120 g/mol. The predicted molar refractivity (Wildman–Crippen MR) is 322 cm³/mol. The van der Waals surface area contributed by atoms with Gasteiger partial charge in [-0.25, -0.2) is 4.79 Å². The third-order valence-corrected chi connectivity index (χ3v) is 15.2. The van der Waals surface area contributed by atoms with Crippen LogP contribution in [0.3, 0.4) is 0 Å². The molecule has 0 radical (unpaired) electrons. The Hall–Kier alpha value is -3.06. The number of esters is 3. The SMILES string of the molecule is CCCCC/C=C\C/C=C\CCCCCCCCCCCC(=O)OCC(COC1OC(C(=O)O)C(O)C(O)C1OC(=O)CCCCCCCCC/C=C\CCCCCCCC)OC(=O)CCCCCCCCCCCCCCC. The Kier molecular flexibility index (Phi) is 51.9. The highest BCUT2D eigenvalue weighted by Gasteiger charge is 2.50. The van der Waals surface area contributed by atoms with Crippen LogP contribution in [0, 0.1) is 0 Å². The van der Waals surface area contributed by atoms with Crippen molar-refractivity contribution in [3.05, 3.63) is 36.5 Å². The molecule has 0 amide bonds. The van der Waals surface area contributed by atoms with Gasteiger partial charge in [-0.1, -0.05) is 256 Å². The van der Waals surface area contributed by atoms with Crippen LogP contribution in [0.25, 0.3) is 0 Å². The number of carboxylic acid groups (broad SMARTS) is 1. The van der Waals surface area contributed by atoms with Crippen LogP contribution in [0.4, 0.5) is 0 Å². The van der Waals surface area contributed by atoms with E-state index in [1.165, 1.54) is 173 Å². The van der Waals surface area contributed by atoms with Gasteiger partial charge >= 0.3 is 23.9 Å². The van der Waals surface area contributed by atoms with Crippen molar-refractivity contribution in [2.45, 2.75) is 353 Å². The lowest BCUT2D eigenvalue weighted by molar-refractivity contribution is -0.301.